The number of non-ortho nitro benzene ring substituents is 1. The minimum atomic E-state index is -0.483. The van der Waals surface area contributed by atoms with Crippen LogP contribution in [0.1, 0.15) is 42.9 Å². The molecule has 1 fully saturated rings. The number of benzene rings is 2. The van der Waals surface area contributed by atoms with E-state index in [0.29, 0.717) is 18.3 Å². The van der Waals surface area contributed by atoms with Crippen LogP contribution >= 0.6 is 0 Å². The molecule has 2 aliphatic rings. The number of nitro benzene ring substituents is 1. The zero-order valence-corrected chi connectivity index (χ0v) is 16.5. The lowest BCUT2D eigenvalue weighted by molar-refractivity contribution is -0.384. The van der Waals surface area contributed by atoms with Gasteiger partial charge in [0.15, 0.2) is 0 Å². The molecule has 0 aromatic heterocycles. The average molecular weight is 395 g/mol. The van der Waals surface area contributed by atoms with Gasteiger partial charge < -0.3 is 10.1 Å². The molecule has 0 heterocycles. The van der Waals surface area contributed by atoms with Crippen LogP contribution in [0.4, 0.5) is 11.4 Å². The first-order chi connectivity index (χ1) is 14.1. The molecule has 2 aliphatic carbocycles. The first-order valence-corrected chi connectivity index (χ1v) is 10.0. The number of nitro groups is 1. The van der Waals surface area contributed by atoms with E-state index in [4.69, 9.17) is 4.74 Å². The zero-order chi connectivity index (χ0) is 20.4. The van der Waals surface area contributed by atoms with Gasteiger partial charge in [-0.15, -0.1) is 0 Å². The van der Waals surface area contributed by atoms with Crippen molar-refractivity contribution in [3.63, 3.8) is 0 Å². The Morgan fingerprint density at radius 1 is 1.24 bits per heavy atom. The van der Waals surface area contributed by atoms with Gasteiger partial charge in [0, 0.05) is 18.2 Å². The fraction of sp³-hybridized carbons (Fsp3) is 0.409. The molecule has 0 aliphatic heterocycles. The van der Waals surface area contributed by atoms with Crippen molar-refractivity contribution in [1.29, 1.82) is 0 Å². The Morgan fingerprint density at radius 2 is 2.03 bits per heavy atom. The van der Waals surface area contributed by atoms with Crippen LogP contribution in [0.25, 0.3) is 0 Å². The first kappa shape index (κ1) is 19.4. The molecule has 2 aromatic rings. The van der Waals surface area contributed by atoms with E-state index < -0.39 is 4.92 Å². The summed E-state index contributed by atoms with van der Waals surface area (Å²) in [6.45, 7) is 0.295. The van der Waals surface area contributed by atoms with Crippen molar-refractivity contribution in [3.8, 4) is 5.75 Å². The number of rotatable bonds is 7. The lowest BCUT2D eigenvalue weighted by atomic mass is 9.86. The summed E-state index contributed by atoms with van der Waals surface area (Å²) < 4.78 is 5.23. The Balaban J connectivity index is 1.51. The van der Waals surface area contributed by atoms with E-state index >= 15 is 0 Å². The quantitative estimate of drug-likeness (QED) is 0.564. The molecule has 1 amide bonds. The van der Waals surface area contributed by atoms with E-state index in [-0.39, 0.29) is 23.4 Å². The Morgan fingerprint density at radius 3 is 2.76 bits per heavy atom. The molecule has 0 radical (unpaired) electrons. The lowest BCUT2D eigenvalue weighted by Crippen LogP contribution is -2.39. The fourth-order valence-electron chi connectivity index (χ4n) is 4.23. The van der Waals surface area contributed by atoms with Gasteiger partial charge in [0.1, 0.15) is 5.75 Å². The summed E-state index contributed by atoms with van der Waals surface area (Å²) in [5.41, 5.74) is 3.10. The molecule has 1 unspecified atom stereocenters. The number of methoxy groups -OCH3 is 1. The van der Waals surface area contributed by atoms with Crippen molar-refractivity contribution in [1.82, 2.24) is 4.90 Å². The highest BCUT2D eigenvalue weighted by Gasteiger charge is 2.37. The average Bonchev–Trinajstić information content (AvgIpc) is 3.57. The number of amides is 1. The maximum atomic E-state index is 12.9. The van der Waals surface area contributed by atoms with E-state index in [9.17, 15) is 14.9 Å². The molecule has 152 valence electrons. The highest BCUT2D eigenvalue weighted by Crippen LogP contribution is 2.40. The second-order valence-electron chi connectivity index (χ2n) is 7.70. The predicted molar refractivity (Wildman–Crippen MR) is 110 cm³/mol. The van der Waals surface area contributed by atoms with Crippen LogP contribution in [-0.4, -0.2) is 35.4 Å². The molecule has 7 nitrogen and oxygen atoms in total. The monoisotopic (exact) mass is 395 g/mol. The summed E-state index contributed by atoms with van der Waals surface area (Å²) >= 11 is 0. The van der Waals surface area contributed by atoms with Gasteiger partial charge in [0.25, 0.3) is 5.69 Å². The van der Waals surface area contributed by atoms with Crippen LogP contribution in [0.5, 0.6) is 5.75 Å². The maximum absolute atomic E-state index is 12.9. The number of nitrogens with one attached hydrogen (secondary N) is 1. The summed E-state index contributed by atoms with van der Waals surface area (Å²) in [5.74, 6) is 0.153. The number of fused-ring (bicyclic) bond motifs is 1. The number of carbonyl (C=O) groups is 1. The molecule has 2 aromatic carbocycles. The first-order valence-electron chi connectivity index (χ1n) is 10.0. The number of nitrogens with zero attached hydrogens (tertiary/aromatic N) is 2. The largest absolute Gasteiger partial charge is 0.494 e. The van der Waals surface area contributed by atoms with Gasteiger partial charge in [0.05, 0.1) is 30.3 Å². The summed E-state index contributed by atoms with van der Waals surface area (Å²) in [4.78, 5) is 25.7. The number of aryl methyl sites for hydroxylation is 1. The van der Waals surface area contributed by atoms with Gasteiger partial charge in [-0.3, -0.25) is 19.8 Å². The third-order valence-corrected chi connectivity index (χ3v) is 5.75. The van der Waals surface area contributed by atoms with Crippen molar-refractivity contribution in [3.05, 3.63) is 63.7 Å². The van der Waals surface area contributed by atoms with Crippen molar-refractivity contribution >= 4 is 17.3 Å². The Labute approximate surface area is 169 Å². The van der Waals surface area contributed by atoms with Crippen LogP contribution < -0.4 is 10.1 Å². The molecular weight excluding hydrogens is 370 g/mol. The SMILES string of the molecule is COc1cc([N+](=O)[O-])ccc1NC(=O)CN(C1CC1)C1CCCc2ccccc21. The predicted octanol–water partition coefficient (Wildman–Crippen LogP) is 4.08. The Kier molecular flexibility index (Phi) is 5.49. The van der Waals surface area contributed by atoms with Crippen LogP contribution in [0.2, 0.25) is 0 Å². The topological polar surface area (TPSA) is 84.7 Å². The molecule has 1 atom stereocenters. The molecule has 1 saturated carbocycles. The Hall–Kier alpha value is -2.93. The van der Waals surface area contributed by atoms with E-state index in [1.54, 1.807) is 0 Å². The summed E-state index contributed by atoms with van der Waals surface area (Å²) in [7, 11) is 1.43. The molecule has 1 N–H and O–H groups in total. The summed E-state index contributed by atoms with van der Waals surface area (Å²) in [6.07, 6.45) is 5.52. The third-order valence-electron chi connectivity index (χ3n) is 5.75. The highest BCUT2D eigenvalue weighted by atomic mass is 16.6. The van der Waals surface area contributed by atoms with Crippen LogP contribution in [0.15, 0.2) is 42.5 Å². The molecule has 29 heavy (non-hydrogen) atoms. The molecule has 7 heteroatoms. The molecule has 0 bridgehead atoms. The van der Waals surface area contributed by atoms with E-state index in [2.05, 4.69) is 34.5 Å². The van der Waals surface area contributed by atoms with Gasteiger partial charge in [-0.05, 0) is 49.3 Å². The summed E-state index contributed by atoms with van der Waals surface area (Å²) in [5, 5.41) is 13.8. The Bertz CT molecular complexity index is 926. The number of hydrogen-bond acceptors (Lipinski definition) is 5. The lowest BCUT2D eigenvalue weighted by Gasteiger charge is -2.35. The van der Waals surface area contributed by atoms with Gasteiger partial charge in [-0.25, -0.2) is 0 Å². The highest BCUT2D eigenvalue weighted by molar-refractivity contribution is 5.94. The van der Waals surface area contributed by atoms with Gasteiger partial charge in [-0.2, -0.15) is 0 Å². The second-order valence-corrected chi connectivity index (χ2v) is 7.70. The number of hydrogen-bond donors (Lipinski definition) is 1. The van der Waals surface area contributed by atoms with Crippen LogP contribution in [0.3, 0.4) is 0 Å². The van der Waals surface area contributed by atoms with Gasteiger partial charge in [-0.1, -0.05) is 24.3 Å². The van der Waals surface area contributed by atoms with Crippen LogP contribution in [0, 0.1) is 10.1 Å². The molecule has 4 rings (SSSR count). The van der Waals surface area contributed by atoms with E-state index in [0.717, 1.165) is 32.1 Å². The number of carbonyl (C=O) groups excluding carboxylic acids is 1. The van der Waals surface area contributed by atoms with Gasteiger partial charge >= 0.3 is 0 Å². The summed E-state index contributed by atoms with van der Waals surface area (Å²) in [6, 6.07) is 13.4. The standard InChI is InChI=1S/C22H25N3O4/c1-29-21-13-17(25(27)28)11-12-19(21)23-22(26)14-24(16-9-10-16)20-8-4-6-15-5-2-3-7-18(15)20/h2-3,5,7,11-13,16,20H,4,6,8-10,14H2,1H3,(H,23,26). The maximum Gasteiger partial charge on any atom is 0.273 e. The van der Waals surface area contributed by atoms with Crippen molar-refractivity contribution in [2.24, 2.45) is 0 Å². The molecular formula is C22H25N3O4. The molecule has 0 spiro atoms. The van der Waals surface area contributed by atoms with Crippen molar-refractivity contribution in [2.45, 2.75) is 44.2 Å². The minimum Gasteiger partial charge on any atom is -0.494 e. The smallest absolute Gasteiger partial charge is 0.273 e. The number of ether oxygens (including phenoxy) is 1. The van der Waals surface area contributed by atoms with E-state index in [1.807, 2.05) is 0 Å². The van der Waals surface area contributed by atoms with Gasteiger partial charge in [0.2, 0.25) is 5.91 Å². The fourth-order valence-corrected chi connectivity index (χ4v) is 4.23. The van der Waals surface area contributed by atoms with Crippen molar-refractivity contribution < 1.29 is 14.5 Å². The minimum absolute atomic E-state index is 0.0710. The third kappa shape index (κ3) is 4.24. The van der Waals surface area contributed by atoms with Crippen LogP contribution in [-0.2, 0) is 11.2 Å². The second kappa shape index (κ2) is 8.21. The normalized spacial score (nSPS) is 18.2. The number of anilines is 1. The van der Waals surface area contributed by atoms with E-state index in [1.165, 1.54) is 36.4 Å². The van der Waals surface area contributed by atoms with Crippen molar-refractivity contribution in [2.75, 3.05) is 19.0 Å². The zero-order valence-electron chi connectivity index (χ0n) is 16.5. The molecule has 0 saturated heterocycles.